The van der Waals surface area contributed by atoms with Gasteiger partial charge in [-0.1, -0.05) is 38.1 Å². The van der Waals surface area contributed by atoms with Gasteiger partial charge in [0.1, 0.15) is 11.8 Å². The first kappa shape index (κ1) is 21.0. The van der Waals surface area contributed by atoms with Gasteiger partial charge >= 0.3 is 5.97 Å². The van der Waals surface area contributed by atoms with Crippen LogP contribution in [0.25, 0.3) is 0 Å². The number of nitrogens with one attached hydrogen (secondary N) is 1. The van der Waals surface area contributed by atoms with E-state index in [9.17, 15) is 9.59 Å². The van der Waals surface area contributed by atoms with Gasteiger partial charge in [-0.2, -0.15) is 5.26 Å². The zero-order chi connectivity index (χ0) is 20.7. The minimum atomic E-state index is -1.02. The lowest BCUT2D eigenvalue weighted by Crippen LogP contribution is -2.32. The van der Waals surface area contributed by atoms with Gasteiger partial charge in [-0.05, 0) is 49.1 Å². The van der Waals surface area contributed by atoms with Crippen LogP contribution in [0, 0.1) is 18.3 Å². The molecule has 0 aliphatic carbocycles. The Morgan fingerprint density at radius 3 is 2.54 bits per heavy atom. The molecule has 0 saturated heterocycles. The third-order valence-corrected chi connectivity index (χ3v) is 4.21. The van der Waals surface area contributed by atoms with Gasteiger partial charge in [0.15, 0.2) is 12.7 Å². The Morgan fingerprint density at radius 2 is 1.86 bits per heavy atom. The van der Waals surface area contributed by atoms with Crippen LogP contribution in [0.2, 0.25) is 0 Å². The maximum absolute atomic E-state index is 12.2. The quantitative estimate of drug-likeness (QED) is 0.735. The summed E-state index contributed by atoms with van der Waals surface area (Å²) in [5, 5.41) is 11.7. The molecule has 1 amide bonds. The van der Waals surface area contributed by atoms with Gasteiger partial charge in [-0.25, -0.2) is 4.79 Å². The number of benzene rings is 2. The number of carbonyl (C=O) groups excluding carboxylic acids is 2. The molecule has 1 N–H and O–H groups in total. The van der Waals surface area contributed by atoms with Crippen LogP contribution in [0.1, 0.15) is 43.4 Å². The number of hydrogen-bond donors (Lipinski definition) is 1. The van der Waals surface area contributed by atoms with Crippen LogP contribution in [-0.4, -0.2) is 24.6 Å². The summed E-state index contributed by atoms with van der Waals surface area (Å²) in [6.07, 6.45) is -1.02. The second-order valence-corrected chi connectivity index (χ2v) is 6.75. The molecule has 0 fully saturated rings. The van der Waals surface area contributed by atoms with Crippen LogP contribution in [0.4, 0.5) is 5.69 Å². The maximum Gasteiger partial charge on any atom is 0.344 e. The van der Waals surface area contributed by atoms with Crippen LogP contribution >= 0.6 is 0 Å². The van der Waals surface area contributed by atoms with Gasteiger partial charge in [-0.15, -0.1) is 0 Å². The van der Waals surface area contributed by atoms with Crippen molar-refractivity contribution in [2.45, 2.75) is 39.7 Å². The molecule has 2 aromatic rings. The number of hydrogen-bond acceptors (Lipinski definition) is 5. The van der Waals surface area contributed by atoms with E-state index >= 15 is 0 Å². The molecule has 0 radical (unpaired) electrons. The third kappa shape index (κ3) is 5.58. The lowest BCUT2D eigenvalue weighted by molar-refractivity contribution is -0.155. The van der Waals surface area contributed by atoms with Gasteiger partial charge in [-0.3, -0.25) is 4.79 Å². The Balaban J connectivity index is 1.91. The molecule has 1 atom stereocenters. The Hall–Kier alpha value is -3.33. The van der Waals surface area contributed by atoms with Gasteiger partial charge in [0.05, 0.1) is 11.3 Å². The number of amides is 1. The second-order valence-electron chi connectivity index (χ2n) is 6.75. The van der Waals surface area contributed by atoms with Crippen molar-refractivity contribution in [2.75, 3.05) is 11.9 Å². The molecule has 0 aliphatic rings. The van der Waals surface area contributed by atoms with E-state index in [2.05, 4.69) is 19.2 Å². The molecule has 0 bridgehead atoms. The lowest BCUT2D eigenvalue weighted by atomic mass is 10.0. The SMILES string of the molecule is Cc1ccc(C(C)C)cc1OCC(=O)O[C@H](C)C(=O)Nc1ccccc1C#N. The van der Waals surface area contributed by atoms with E-state index in [-0.39, 0.29) is 6.61 Å². The maximum atomic E-state index is 12.2. The zero-order valence-corrected chi connectivity index (χ0v) is 16.5. The fraction of sp³-hybridized carbons (Fsp3) is 0.318. The number of para-hydroxylation sites is 1. The highest BCUT2D eigenvalue weighted by atomic mass is 16.6. The summed E-state index contributed by atoms with van der Waals surface area (Å²) in [5.74, 6) is -0.210. The average molecular weight is 380 g/mol. The highest BCUT2D eigenvalue weighted by Gasteiger charge is 2.19. The predicted octanol–water partition coefficient (Wildman–Crippen LogP) is 3.94. The zero-order valence-electron chi connectivity index (χ0n) is 16.5. The van der Waals surface area contributed by atoms with Gasteiger partial charge in [0.2, 0.25) is 0 Å². The van der Waals surface area contributed by atoms with Gasteiger partial charge in [0, 0.05) is 0 Å². The molecule has 2 rings (SSSR count). The van der Waals surface area contributed by atoms with Crippen molar-refractivity contribution in [2.24, 2.45) is 0 Å². The highest BCUT2D eigenvalue weighted by molar-refractivity contribution is 5.96. The first-order chi connectivity index (χ1) is 13.3. The largest absolute Gasteiger partial charge is 0.482 e. The van der Waals surface area contributed by atoms with Crippen LogP contribution in [0.3, 0.4) is 0 Å². The number of aryl methyl sites for hydroxylation is 1. The molecule has 0 heterocycles. The first-order valence-electron chi connectivity index (χ1n) is 9.04. The van der Waals surface area contributed by atoms with E-state index in [1.54, 1.807) is 24.3 Å². The smallest absolute Gasteiger partial charge is 0.344 e. The Kier molecular flexibility index (Phi) is 7.16. The minimum Gasteiger partial charge on any atom is -0.482 e. The Labute approximate surface area is 165 Å². The van der Waals surface area contributed by atoms with Crippen molar-refractivity contribution >= 4 is 17.6 Å². The fourth-order valence-corrected chi connectivity index (χ4v) is 2.48. The highest BCUT2D eigenvalue weighted by Crippen LogP contribution is 2.24. The number of rotatable bonds is 7. The van der Waals surface area contributed by atoms with Gasteiger partial charge in [0.25, 0.3) is 5.91 Å². The van der Waals surface area contributed by atoms with E-state index in [0.29, 0.717) is 22.9 Å². The molecule has 0 spiro atoms. The lowest BCUT2D eigenvalue weighted by Gasteiger charge is -2.15. The Morgan fingerprint density at radius 1 is 1.14 bits per heavy atom. The topological polar surface area (TPSA) is 88.4 Å². The van der Waals surface area contributed by atoms with E-state index in [4.69, 9.17) is 14.7 Å². The predicted molar refractivity (Wildman–Crippen MR) is 106 cm³/mol. The molecule has 28 heavy (non-hydrogen) atoms. The normalized spacial score (nSPS) is 11.4. The molecule has 6 nitrogen and oxygen atoms in total. The van der Waals surface area contributed by atoms with E-state index in [1.807, 2.05) is 31.2 Å². The summed E-state index contributed by atoms with van der Waals surface area (Å²) >= 11 is 0. The van der Waals surface area contributed by atoms with Crippen molar-refractivity contribution in [3.05, 3.63) is 59.2 Å². The minimum absolute atomic E-state index is 0.297. The molecule has 146 valence electrons. The number of anilines is 1. The number of nitriles is 1. The summed E-state index contributed by atoms with van der Waals surface area (Å²) in [5.41, 5.74) is 2.72. The van der Waals surface area contributed by atoms with Crippen molar-refractivity contribution in [1.82, 2.24) is 0 Å². The monoisotopic (exact) mass is 380 g/mol. The van der Waals surface area contributed by atoms with Gasteiger partial charge < -0.3 is 14.8 Å². The van der Waals surface area contributed by atoms with Crippen molar-refractivity contribution in [1.29, 1.82) is 5.26 Å². The summed E-state index contributed by atoms with van der Waals surface area (Å²) in [7, 11) is 0. The molecule has 2 aromatic carbocycles. The van der Waals surface area contributed by atoms with Crippen LogP contribution < -0.4 is 10.1 Å². The molecular formula is C22H24N2O4. The third-order valence-electron chi connectivity index (χ3n) is 4.21. The summed E-state index contributed by atoms with van der Waals surface area (Å²) < 4.78 is 10.7. The van der Waals surface area contributed by atoms with Crippen LogP contribution in [0.15, 0.2) is 42.5 Å². The van der Waals surface area contributed by atoms with Crippen LogP contribution in [0.5, 0.6) is 5.75 Å². The average Bonchev–Trinajstić information content (AvgIpc) is 2.67. The molecule has 6 heteroatoms. The molecule has 0 aliphatic heterocycles. The molecular weight excluding hydrogens is 356 g/mol. The fourth-order valence-electron chi connectivity index (χ4n) is 2.48. The number of carbonyl (C=O) groups is 2. The summed E-state index contributed by atoms with van der Waals surface area (Å²) in [4.78, 5) is 24.3. The van der Waals surface area contributed by atoms with E-state index in [0.717, 1.165) is 11.1 Å². The molecule has 0 unspecified atom stereocenters. The van der Waals surface area contributed by atoms with Crippen molar-refractivity contribution in [3.63, 3.8) is 0 Å². The van der Waals surface area contributed by atoms with Crippen LogP contribution in [-0.2, 0) is 14.3 Å². The van der Waals surface area contributed by atoms with Crippen molar-refractivity contribution < 1.29 is 19.1 Å². The van der Waals surface area contributed by atoms with Crippen molar-refractivity contribution in [3.8, 4) is 11.8 Å². The summed E-state index contributed by atoms with van der Waals surface area (Å²) in [6, 6.07) is 14.5. The van der Waals surface area contributed by atoms with E-state index < -0.39 is 18.0 Å². The number of esters is 1. The molecule has 0 aromatic heterocycles. The summed E-state index contributed by atoms with van der Waals surface area (Å²) in [6.45, 7) is 7.22. The van der Waals surface area contributed by atoms with E-state index in [1.165, 1.54) is 6.92 Å². The first-order valence-corrected chi connectivity index (χ1v) is 9.04. The standard InChI is InChI=1S/C22H24N2O4/c1-14(2)17-10-9-15(3)20(11-17)27-13-21(25)28-16(4)22(26)24-19-8-6-5-7-18(19)12-23/h5-11,14,16H,13H2,1-4H3,(H,24,26)/t16-/m1/s1. The Bertz CT molecular complexity index is 900. The number of nitrogens with zero attached hydrogens (tertiary/aromatic N) is 1. The molecule has 0 saturated carbocycles. The number of ether oxygens (including phenoxy) is 2. The second kappa shape index (κ2) is 9.56.